The van der Waals surface area contributed by atoms with E-state index in [0.717, 1.165) is 30.6 Å². The van der Waals surface area contributed by atoms with E-state index in [2.05, 4.69) is 0 Å². The lowest BCUT2D eigenvalue weighted by Crippen LogP contribution is -2.26. The van der Waals surface area contributed by atoms with E-state index in [-0.39, 0.29) is 17.5 Å². The fourth-order valence-electron chi connectivity index (χ4n) is 2.18. The van der Waals surface area contributed by atoms with Crippen molar-refractivity contribution in [1.29, 1.82) is 0 Å². The van der Waals surface area contributed by atoms with E-state index in [9.17, 15) is 9.18 Å². The molecule has 1 fully saturated rings. The van der Waals surface area contributed by atoms with Crippen LogP contribution < -0.4 is 0 Å². The van der Waals surface area contributed by atoms with Crippen molar-refractivity contribution in [2.75, 3.05) is 13.2 Å². The van der Waals surface area contributed by atoms with E-state index >= 15 is 0 Å². The van der Waals surface area contributed by atoms with Crippen molar-refractivity contribution in [3.8, 4) is 0 Å². The standard InChI is InChI=1S/C14H17FO2/c1-10-7-13(15)5-4-11(10)8-14(16)12-3-2-6-17-9-12/h4-5,7,12H,2-3,6,8-9H2,1H3. The molecule has 1 unspecified atom stereocenters. The fourth-order valence-corrected chi connectivity index (χ4v) is 2.18. The Balaban J connectivity index is 2.02. The van der Waals surface area contributed by atoms with Gasteiger partial charge in [-0.2, -0.15) is 0 Å². The van der Waals surface area contributed by atoms with Crippen molar-refractivity contribution in [2.24, 2.45) is 5.92 Å². The number of hydrogen-bond acceptors (Lipinski definition) is 2. The first-order valence-corrected chi connectivity index (χ1v) is 6.02. The minimum Gasteiger partial charge on any atom is -0.381 e. The Hall–Kier alpha value is -1.22. The maximum Gasteiger partial charge on any atom is 0.142 e. The van der Waals surface area contributed by atoms with E-state index in [1.165, 1.54) is 12.1 Å². The molecule has 1 aromatic rings. The first-order chi connectivity index (χ1) is 8.16. The molecule has 0 bridgehead atoms. The molecule has 1 saturated heterocycles. The van der Waals surface area contributed by atoms with Crippen LogP contribution in [0.15, 0.2) is 18.2 Å². The van der Waals surface area contributed by atoms with Gasteiger partial charge in [-0.1, -0.05) is 6.07 Å². The summed E-state index contributed by atoms with van der Waals surface area (Å²) < 4.78 is 18.2. The Kier molecular flexibility index (Phi) is 3.89. The first kappa shape index (κ1) is 12.2. The normalized spacial score (nSPS) is 20.2. The maximum atomic E-state index is 12.9. The molecule has 2 nitrogen and oxygen atoms in total. The van der Waals surface area contributed by atoms with Crippen LogP contribution in [-0.2, 0) is 16.0 Å². The zero-order chi connectivity index (χ0) is 12.3. The molecule has 0 saturated carbocycles. The van der Waals surface area contributed by atoms with Gasteiger partial charge in [-0.05, 0) is 43.0 Å². The van der Waals surface area contributed by atoms with E-state index < -0.39 is 0 Å². The van der Waals surface area contributed by atoms with Crippen molar-refractivity contribution >= 4 is 5.78 Å². The number of Topliss-reactive ketones (excluding diaryl/α,β-unsaturated/α-hetero) is 1. The highest BCUT2D eigenvalue weighted by atomic mass is 19.1. The minimum absolute atomic E-state index is 0.0215. The first-order valence-electron chi connectivity index (χ1n) is 6.02. The monoisotopic (exact) mass is 236 g/mol. The molecular formula is C14H17FO2. The van der Waals surface area contributed by atoms with Gasteiger partial charge in [-0.15, -0.1) is 0 Å². The fraction of sp³-hybridized carbons (Fsp3) is 0.500. The molecule has 1 aliphatic rings. The molecular weight excluding hydrogens is 219 g/mol. The quantitative estimate of drug-likeness (QED) is 0.806. The van der Waals surface area contributed by atoms with Crippen LogP contribution in [0.3, 0.4) is 0 Å². The Labute approximate surface area is 101 Å². The molecule has 1 heterocycles. The second-order valence-corrected chi connectivity index (χ2v) is 4.63. The Morgan fingerprint density at radius 3 is 3.00 bits per heavy atom. The Bertz CT molecular complexity index is 409. The van der Waals surface area contributed by atoms with Gasteiger partial charge in [0.05, 0.1) is 6.61 Å². The van der Waals surface area contributed by atoms with Crippen molar-refractivity contribution in [2.45, 2.75) is 26.2 Å². The molecule has 0 N–H and O–H groups in total. The molecule has 0 aromatic heterocycles. The number of ketones is 1. The van der Waals surface area contributed by atoms with Crippen LogP contribution in [0.25, 0.3) is 0 Å². The number of benzene rings is 1. The number of halogens is 1. The maximum absolute atomic E-state index is 12.9. The predicted molar refractivity (Wildman–Crippen MR) is 63.4 cm³/mol. The number of ether oxygens (including phenoxy) is 1. The summed E-state index contributed by atoms with van der Waals surface area (Å²) in [5, 5.41) is 0. The molecule has 0 spiro atoms. The number of carbonyl (C=O) groups excluding carboxylic acids is 1. The van der Waals surface area contributed by atoms with E-state index in [1.54, 1.807) is 6.07 Å². The van der Waals surface area contributed by atoms with Crippen LogP contribution in [0.1, 0.15) is 24.0 Å². The molecule has 1 aliphatic heterocycles. The van der Waals surface area contributed by atoms with Crippen molar-refractivity contribution in [3.05, 3.63) is 35.1 Å². The summed E-state index contributed by atoms with van der Waals surface area (Å²) in [7, 11) is 0. The van der Waals surface area contributed by atoms with Crippen LogP contribution >= 0.6 is 0 Å². The SMILES string of the molecule is Cc1cc(F)ccc1CC(=O)C1CCCOC1. The highest BCUT2D eigenvalue weighted by Gasteiger charge is 2.22. The van der Waals surface area contributed by atoms with Gasteiger partial charge in [0, 0.05) is 18.9 Å². The summed E-state index contributed by atoms with van der Waals surface area (Å²) in [6.45, 7) is 3.14. The van der Waals surface area contributed by atoms with Gasteiger partial charge in [-0.25, -0.2) is 4.39 Å². The lowest BCUT2D eigenvalue weighted by Gasteiger charge is -2.21. The van der Waals surface area contributed by atoms with Gasteiger partial charge in [0.2, 0.25) is 0 Å². The molecule has 17 heavy (non-hydrogen) atoms. The Morgan fingerprint density at radius 1 is 1.53 bits per heavy atom. The average Bonchev–Trinajstić information content (AvgIpc) is 2.34. The molecule has 3 heteroatoms. The van der Waals surface area contributed by atoms with Crippen molar-refractivity contribution in [3.63, 3.8) is 0 Å². The van der Waals surface area contributed by atoms with Gasteiger partial charge in [0.15, 0.2) is 0 Å². The number of rotatable bonds is 3. The molecule has 0 amide bonds. The summed E-state index contributed by atoms with van der Waals surface area (Å²) >= 11 is 0. The van der Waals surface area contributed by atoms with Gasteiger partial charge in [-0.3, -0.25) is 4.79 Å². The van der Waals surface area contributed by atoms with Gasteiger partial charge in [0.25, 0.3) is 0 Å². The van der Waals surface area contributed by atoms with Crippen LogP contribution in [-0.4, -0.2) is 19.0 Å². The van der Waals surface area contributed by atoms with E-state index in [4.69, 9.17) is 4.74 Å². The van der Waals surface area contributed by atoms with Gasteiger partial charge >= 0.3 is 0 Å². The lowest BCUT2D eigenvalue weighted by molar-refractivity contribution is -0.126. The van der Waals surface area contributed by atoms with E-state index in [0.29, 0.717) is 13.0 Å². The summed E-state index contributed by atoms with van der Waals surface area (Å²) in [5.41, 5.74) is 1.76. The smallest absolute Gasteiger partial charge is 0.142 e. The third-order valence-electron chi connectivity index (χ3n) is 3.28. The van der Waals surface area contributed by atoms with Crippen LogP contribution in [0.5, 0.6) is 0 Å². The third kappa shape index (κ3) is 3.13. The largest absolute Gasteiger partial charge is 0.381 e. The minimum atomic E-state index is -0.250. The second-order valence-electron chi connectivity index (χ2n) is 4.63. The molecule has 0 radical (unpaired) electrons. The molecule has 92 valence electrons. The van der Waals surface area contributed by atoms with Gasteiger partial charge in [0.1, 0.15) is 11.6 Å². The number of hydrogen-bond donors (Lipinski definition) is 0. The van der Waals surface area contributed by atoms with Crippen LogP contribution in [0.2, 0.25) is 0 Å². The number of aryl methyl sites for hydroxylation is 1. The van der Waals surface area contributed by atoms with Crippen molar-refractivity contribution in [1.82, 2.24) is 0 Å². The topological polar surface area (TPSA) is 26.3 Å². The second kappa shape index (κ2) is 5.41. The Morgan fingerprint density at radius 2 is 2.35 bits per heavy atom. The highest BCUT2D eigenvalue weighted by Crippen LogP contribution is 2.18. The third-order valence-corrected chi connectivity index (χ3v) is 3.28. The molecule has 1 aromatic carbocycles. The van der Waals surface area contributed by atoms with Crippen LogP contribution in [0.4, 0.5) is 4.39 Å². The zero-order valence-electron chi connectivity index (χ0n) is 10.0. The highest BCUT2D eigenvalue weighted by molar-refractivity contribution is 5.83. The summed E-state index contributed by atoms with van der Waals surface area (Å²) in [6, 6.07) is 4.58. The predicted octanol–water partition coefficient (Wildman–Crippen LogP) is 2.67. The summed E-state index contributed by atoms with van der Waals surface area (Å²) in [5.74, 6) is -0.0210. The molecule has 1 atom stereocenters. The zero-order valence-corrected chi connectivity index (χ0v) is 10.0. The van der Waals surface area contributed by atoms with E-state index in [1.807, 2.05) is 6.92 Å². The van der Waals surface area contributed by atoms with Crippen LogP contribution in [0, 0.1) is 18.7 Å². The molecule has 0 aliphatic carbocycles. The van der Waals surface area contributed by atoms with Gasteiger partial charge < -0.3 is 4.74 Å². The van der Waals surface area contributed by atoms with Crippen molar-refractivity contribution < 1.29 is 13.9 Å². The summed E-state index contributed by atoms with van der Waals surface area (Å²) in [4.78, 5) is 12.0. The average molecular weight is 236 g/mol. The summed E-state index contributed by atoms with van der Waals surface area (Å²) in [6.07, 6.45) is 2.26. The lowest BCUT2D eigenvalue weighted by atomic mass is 9.92. The number of carbonyl (C=O) groups is 1. The molecule has 2 rings (SSSR count).